The second kappa shape index (κ2) is 13.1. The van der Waals surface area contributed by atoms with Crippen LogP contribution in [0.1, 0.15) is 25.0 Å². The van der Waals surface area contributed by atoms with Crippen molar-refractivity contribution in [2.75, 3.05) is 23.4 Å². The van der Waals surface area contributed by atoms with E-state index in [9.17, 15) is 29.1 Å². The van der Waals surface area contributed by atoms with Gasteiger partial charge in [-0.3, -0.25) is 24.0 Å². The molecule has 0 aromatic carbocycles. The van der Waals surface area contributed by atoms with E-state index in [0.29, 0.717) is 6.41 Å². The monoisotopic (exact) mass is 651 g/mol. The smallest absolute Gasteiger partial charge is 0.325 e. The molecule has 0 bridgehead atoms. The summed E-state index contributed by atoms with van der Waals surface area (Å²) in [5.41, 5.74) is -1.39. The lowest BCUT2D eigenvalue weighted by Gasteiger charge is -2.53. The Labute approximate surface area is 255 Å². The van der Waals surface area contributed by atoms with E-state index in [1.165, 1.54) is 22.0 Å². The molecule has 17 nitrogen and oxygen atoms in total. The van der Waals surface area contributed by atoms with Crippen molar-refractivity contribution < 1.29 is 39.0 Å². The zero-order valence-electron chi connectivity index (χ0n) is 22.2. The molecule has 2 aliphatic heterocycles. The molecule has 1 aliphatic carbocycles. The van der Waals surface area contributed by atoms with E-state index >= 15 is 0 Å². The highest BCUT2D eigenvalue weighted by Crippen LogP contribution is 2.44. The lowest BCUT2D eigenvalue weighted by molar-refractivity contribution is -0.157. The number of fused-ring (bicyclic) bond motifs is 1. The van der Waals surface area contributed by atoms with Gasteiger partial charge in [0.1, 0.15) is 35.2 Å². The molecule has 2 saturated heterocycles. The maximum atomic E-state index is 13.4. The summed E-state index contributed by atoms with van der Waals surface area (Å²) in [4.78, 5) is 72.0. The van der Waals surface area contributed by atoms with Crippen LogP contribution in [0.2, 0.25) is 0 Å². The highest BCUT2D eigenvalue weighted by molar-refractivity contribution is 8.00. The van der Waals surface area contributed by atoms with Crippen molar-refractivity contribution in [3.63, 3.8) is 0 Å². The Kier molecular flexibility index (Phi) is 9.25. The standard InChI is InChI=1S/C23H25N9O8S3/c33-11-24-21-25-13(7-41-21)15(28-40-12-4-2-1-3-5-12)17(36)26-16-18(37)31-8-23(20(38)39,9-42-19(16)31)10-43-22-27-29-30-32(22)6-14(34)35/h2,4,7,11-12,16,19H,1,3,5-6,8-10H2,(H,26,36)(H,34,35)(H,38,39)(H,24,25,33)/t12?,16?,19-,23?/m1/s1. The first kappa shape index (κ1) is 30.4. The van der Waals surface area contributed by atoms with Gasteiger partial charge in [-0.05, 0) is 35.8 Å². The van der Waals surface area contributed by atoms with Gasteiger partial charge in [0.15, 0.2) is 10.8 Å². The number of hydrogen-bond donors (Lipinski definition) is 4. The third-order valence-electron chi connectivity index (χ3n) is 6.78. The fourth-order valence-electron chi connectivity index (χ4n) is 4.54. The van der Waals surface area contributed by atoms with Crippen molar-refractivity contribution in [2.45, 2.75) is 48.5 Å². The van der Waals surface area contributed by atoms with Crippen LogP contribution in [0.4, 0.5) is 5.13 Å². The predicted molar refractivity (Wildman–Crippen MR) is 152 cm³/mol. The van der Waals surface area contributed by atoms with Crippen molar-refractivity contribution in [3.05, 3.63) is 23.2 Å². The van der Waals surface area contributed by atoms with Gasteiger partial charge >= 0.3 is 11.9 Å². The first-order valence-electron chi connectivity index (χ1n) is 12.8. The Morgan fingerprint density at radius 3 is 2.88 bits per heavy atom. The minimum absolute atomic E-state index is 0.0202. The number of aliphatic carboxylic acids is 2. The number of oxime groups is 1. The second-order valence-electron chi connectivity index (χ2n) is 9.75. The number of nitrogens with one attached hydrogen (secondary N) is 2. The molecule has 0 spiro atoms. The quantitative estimate of drug-likeness (QED) is 0.0552. The number of allylic oxidation sites excluding steroid dienone is 1. The summed E-state index contributed by atoms with van der Waals surface area (Å²) < 4.78 is 1.05. The highest BCUT2D eigenvalue weighted by Gasteiger charge is 2.57. The van der Waals surface area contributed by atoms with E-state index < -0.39 is 47.1 Å². The van der Waals surface area contributed by atoms with Gasteiger partial charge in [0.25, 0.3) is 5.91 Å². The number of nitrogens with zero attached hydrogens (tertiary/aromatic N) is 7. The van der Waals surface area contributed by atoms with E-state index in [1.807, 2.05) is 12.2 Å². The predicted octanol–water partition coefficient (Wildman–Crippen LogP) is -0.125. The minimum atomic E-state index is -1.37. The van der Waals surface area contributed by atoms with Crippen molar-refractivity contribution in [1.82, 2.24) is 35.4 Å². The van der Waals surface area contributed by atoms with Crippen molar-refractivity contribution in [3.8, 4) is 0 Å². The molecule has 2 fully saturated rings. The summed E-state index contributed by atoms with van der Waals surface area (Å²) in [6, 6.07) is -0.939. The summed E-state index contributed by atoms with van der Waals surface area (Å²) in [5.74, 6) is -3.37. The van der Waals surface area contributed by atoms with Crippen LogP contribution in [0.15, 0.2) is 27.8 Å². The maximum Gasteiger partial charge on any atom is 0.325 e. The van der Waals surface area contributed by atoms with Gasteiger partial charge in [0.05, 0.1) is 0 Å². The number of anilines is 1. The summed E-state index contributed by atoms with van der Waals surface area (Å²) in [7, 11) is 0. The molecule has 0 saturated carbocycles. The van der Waals surface area contributed by atoms with E-state index in [2.05, 4.69) is 36.3 Å². The first-order valence-corrected chi connectivity index (χ1v) is 15.8. The number of β-lactam (4-membered cyclic amide) rings is 1. The molecule has 3 amide bonds. The first-order chi connectivity index (χ1) is 20.7. The molecule has 20 heteroatoms. The number of amides is 3. The Morgan fingerprint density at radius 2 is 2.16 bits per heavy atom. The lowest BCUT2D eigenvalue weighted by atomic mass is 9.89. The van der Waals surface area contributed by atoms with Crippen molar-refractivity contribution in [1.29, 1.82) is 0 Å². The van der Waals surface area contributed by atoms with Gasteiger partial charge in [0.2, 0.25) is 17.5 Å². The number of thiazole rings is 1. The molecule has 3 unspecified atom stereocenters. The number of thioether (sulfide) groups is 2. The normalized spacial score (nSPS) is 24.9. The average molecular weight is 652 g/mol. The fraction of sp³-hybridized carbons (Fsp3) is 0.478. The molecule has 5 rings (SSSR count). The Balaban J connectivity index is 1.26. The third kappa shape index (κ3) is 6.64. The molecule has 4 atom stereocenters. The van der Waals surface area contributed by atoms with Crippen LogP contribution in [0, 0.1) is 5.41 Å². The van der Waals surface area contributed by atoms with E-state index in [1.54, 1.807) is 0 Å². The van der Waals surface area contributed by atoms with E-state index in [4.69, 9.17) is 9.94 Å². The van der Waals surface area contributed by atoms with Crippen LogP contribution in [0.5, 0.6) is 0 Å². The maximum absolute atomic E-state index is 13.4. The van der Waals surface area contributed by atoms with Crippen molar-refractivity contribution >= 4 is 75.9 Å². The molecule has 2 aromatic heterocycles. The minimum Gasteiger partial charge on any atom is -0.481 e. The lowest BCUT2D eigenvalue weighted by Crippen LogP contribution is -2.74. The SMILES string of the molecule is O=CNc1nc(C(=NOC2C=CCCC2)C(=O)NC2C(=O)N3CC(CSc4nnnn4CC(=O)O)(C(=O)O)CS[C@H]23)cs1. The van der Waals surface area contributed by atoms with Crippen LogP contribution in [-0.2, 0) is 35.4 Å². The molecular weight excluding hydrogens is 627 g/mol. The number of tetrazole rings is 1. The highest BCUT2D eigenvalue weighted by atomic mass is 32.2. The largest absolute Gasteiger partial charge is 0.481 e. The van der Waals surface area contributed by atoms with Gasteiger partial charge in [-0.2, -0.15) is 0 Å². The van der Waals surface area contributed by atoms with Gasteiger partial charge in [-0.25, -0.2) is 9.67 Å². The molecular formula is C23H25N9O8S3. The number of carbonyl (C=O) groups excluding carboxylic acids is 3. The molecule has 3 aliphatic rings. The second-order valence-corrected chi connectivity index (χ2v) is 12.7. The van der Waals surface area contributed by atoms with Crippen LogP contribution >= 0.6 is 34.9 Å². The Morgan fingerprint density at radius 1 is 1.33 bits per heavy atom. The number of carboxylic acids is 2. The zero-order chi connectivity index (χ0) is 30.6. The molecule has 4 heterocycles. The topological polar surface area (TPSA) is 231 Å². The van der Waals surface area contributed by atoms with Crippen LogP contribution in [0.25, 0.3) is 0 Å². The summed E-state index contributed by atoms with van der Waals surface area (Å²) >= 11 is 3.28. The van der Waals surface area contributed by atoms with Gasteiger partial charge < -0.3 is 30.6 Å². The van der Waals surface area contributed by atoms with Gasteiger partial charge in [-0.1, -0.05) is 23.0 Å². The van der Waals surface area contributed by atoms with Gasteiger partial charge in [-0.15, -0.1) is 28.2 Å². The van der Waals surface area contributed by atoms with Crippen LogP contribution in [0.3, 0.4) is 0 Å². The van der Waals surface area contributed by atoms with Crippen molar-refractivity contribution in [2.24, 2.45) is 10.6 Å². The Hall–Kier alpha value is -4.04. The number of hydrogen-bond acceptors (Lipinski definition) is 14. The molecule has 2 aromatic rings. The third-order valence-corrected chi connectivity index (χ3v) is 10.4. The molecule has 228 valence electrons. The Bertz CT molecular complexity index is 1480. The average Bonchev–Trinajstić information content (AvgIpc) is 3.64. The number of carbonyl (C=O) groups is 5. The summed E-state index contributed by atoms with van der Waals surface area (Å²) in [6.07, 6.45) is 6.50. The fourth-order valence-corrected chi connectivity index (χ4v) is 7.93. The zero-order valence-corrected chi connectivity index (χ0v) is 24.6. The number of carboxylic acid groups (broad SMARTS) is 2. The summed E-state index contributed by atoms with van der Waals surface area (Å²) in [5, 5.41) is 40.6. The molecule has 0 radical (unpaired) electrons. The molecule has 4 N–H and O–H groups in total. The van der Waals surface area contributed by atoms with E-state index in [-0.39, 0.29) is 45.8 Å². The number of rotatable bonds is 13. The molecule has 43 heavy (non-hydrogen) atoms. The van der Waals surface area contributed by atoms with E-state index in [0.717, 1.165) is 47.0 Å². The number of aromatic nitrogens is 5. The van der Waals surface area contributed by atoms with Crippen LogP contribution < -0.4 is 10.6 Å². The van der Waals surface area contributed by atoms with Gasteiger partial charge in [0, 0.05) is 23.4 Å². The van der Waals surface area contributed by atoms with Crippen LogP contribution in [-0.4, -0.2) is 112 Å². The summed E-state index contributed by atoms with van der Waals surface area (Å²) in [6.45, 7) is -0.606.